The number of nitrogens with zero attached hydrogens (tertiary/aromatic N) is 2. The van der Waals surface area contributed by atoms with Gasteiger partial charge in [0.2, 0.25) is 0 Å². The molecule has 1 aliphatic rings. The molecule has 0 unspecified atom stereocenters. The molecule has 1 aromatic carbocycles. The predicted octanol–water partition coefficient (Wildman–Crippen LogP) is 2.45. The zero-order chi connectivity index (χ0) is 14.5. The summed E-state index contributed by atoms with van der Waals surface area (Å²) in [5, 5.41) is 9.80. The summed E-state index contributed by atoms with van der Waals surface area (Å²) in [7, 11) is 3.45. The van der Waals surface area contributed by atoms with E-state index in [1.807, 2.05) is 12.1 Å². The first kappa shape index (κ1) is 15.3. The SMILES string of the molecule is COC[C@@H]1C[C@H](OC)CN1Cc1ccc(Cl)cc1C#N. The minimum Gasteiger partial charge on any atom is -0.383 e. The van der Waals surface area contributed by atoms with Gasteiger partial charge in [0.15, 0.2) is 0 Å². The second-order valence-corrected chi connectivity index (χ2v) is 5.48. The summed E-state index contributed by atoms with van der Waals surface area (Å²) in [5.41, 5.74) is 1.63. The van der Waals surface area contributed by atoms with Crippen LogP contribution in [0, 0.1) is 11.3 Å². The van der Waals surface area contributed by atoms with E-state index >= 15 is 0 Å². The summed E-state index contributed by atoms with van der Waals surface area (Å²) < 4.78 is 10.7. The molecule has 1 fully saturated rings. The van der Waals surface area contributed by atoms with Crippen LogP contribution in [0.4, 0.5) is 0 Å². The summed E-state index contributed by atoms with van der Waals surface area (Å²) in [6.07, 6.45) is 1.19. The van der Waals surface area contributed by atoms with Crippen LogP contribution in [-0.4, -0.2) is 44.4 Å². The number of hydrogen-bond acceptors (Lipinski definition) is 4. The van der Waals surface area contributed by atoms with Crippen molar-refractivity contribution in [2.24, 2.45) is 0 Å². The van der Waals surface area contributed by atoms with Gasteiger partial charge in [-0.3, -0.25) is 4.90 Å². The minimum absolute atomic E-state index is 0.230. The van der Waals surface area contributed by atoms with Gasteiger partial charge in [0, 0.05) is 38.4 Å². The molecular formula is C15H19ClN2O2. The van der Waals surface area contributed by atoms with Gasteiger partial charge in [-0.2, -0.15) is 5.26 Å². The van der Waals surface area contributed by atoms with Crippen LogP contribution in [0.15, 0.2) is 18.2 Å². The number of ether oxygens (including phenoxy) is 2. The third-order valence-electron chi connectivity index (χ3n) is 3.75. The molecule has 0 N–H and O–H groups in total. The number of rotatable bonds is 5. The summed E-state index contributed by atoms with van der Waals surface area (Å²) in [4.78, 5) is 2.31. The van der Waals surface area contributed by atoms with E-state index in [0.717, 1.165) is 18.5 Å². The Morgan fingerprint density at radius 3 is 2.90 bits per heavy atom. The Kier molecular flexibility index (Phi) is 5.38. The molecule has 1 saturated heterocycles. The van der Waals surface area contributed by atoms with E-state index in [-0.39, 0.29) is 6.10 Å². The topological polar surface area (TPSA) is 45.5 Å². The largest absolute Gasteiger partial charge is 0.383 e. The fraction of sp³-hybridized carbons (Fsp3) is 0.533. The van der Waals surface area contributed by atoms with Crippen LogP contribution < -0.4 is 0 Å². The van der Waals surface area contributed by atoms with Gasteiger partial charge in [0.25, 0.3) is 0 Å². The van der Waals surface area contributed by atoms with E-state index in [0.29, 0.717) is 29.8 Å². The second-order valence-electron chi connectivity index (χ2n) is 5.05. The van der Waals surface area contributed by atoms with Crippen LogP contribution in [0.5, 0.6) is 0 Å². The van der Waals surface area contributed by atoms with Crippen molar-refractivity contribution in [3.05, 3.63) is 34.3 Å². The highest BCUT2D eigenvalue weighted by atomic mass is 35.5. The Morgan fingerprint density at radius 1 is 1.45 bits per heavy atom. The Bertz CT molecular complexity index is 501. The predicted molar refractivity (Wildman–Crippen MR) is 77.7 cm³/mol. The summed E-state index contributed by atoms with van der Waals surface area (Å²) in [6.45, 7) is 2.25. The number of benzene rings is 1. The van der Waals surface area contributed by atoms with Crippen molar-refractivity contribution in [3.8, 4) is 6.07 Å². The van der Waals surface area contributed by atoms with E-state index < -0.39 is 0 Å². The smallest absolute Gasteiger partial charge is 0.0995 e. The Morgan fingerprint density at radius 2 is 2.25 bits per heavy atom. The number of likely N-dealkylation sites (tertiary alicyclic amines) is 1. The highest BCUT2D eigenvalue weighted by molar-refractivity contribution is 6.30. The number of halogens is 1. The van der Waals surface area contributed by atoms with E-state index in [4.69, 9.17) is 21.1 Å². The van der Waals surface area contributed by atoms with Gasteiger partial charge < -0.3 is 9.47 Å². The molecule has 0 amide bonds. The first-order chi connectivity index (χ1) is 9.67. The maximum atomic E-state index is 9.21. The quantitative estimate of drug-likeness (QED) is 0.837. The van der Waals surface area contributed by atoms with Gasteiger partial charge in [-0.25, -0.2) is 0 Å². The van der Waals surface area contributed by atoms with Crippen LogP contribution in [0.3, 0.4) is 0 Å². The average Bonchev–Trinajstić information content (AvgIpc) is 2.83. The van der Waals surface area contributed by atoms with Gasteiger partial charge in [-0.1, -0.05) is 17.7 Å². The lowest BCUT2D eigenvalue weighted by Crippen LogP contribution is -2.32. The van der Waals surface area contributed by atoms with Gasteiger partial charge in [-0.15, -0.1) is 0 Å². The molecule has 0 aromatic heterocycles. The second kappa shape index (κ2) is 7.05. The van der Waals surface area contributed by atoms with Crippen LogP contribution in [0.25, 0.3) is 0 Å². The molecule has 20 heavy (non-hydrogen) atoms. The zero-order valence-electron chi connectivity index (χ0n) is 11.8. The molecular weight excluding hydrogens is 276 g/mol. The molecule has 108 valence electrons. The van der Waals surface area contributed by atoms with E-state index in [9.17, 15) is 5.26 Å². The van der Waals surface area contributed by atoms with E-state index in [2.05, 4.69) is 11.0 Å². The van der Waals surface area contributed by atoms with E-state index in [1.54, 1.807) is 20.3 Å². The molecule has 0 bridgehead atoms. The fourth-order valence-electron chi connectivity index (χ4n) is 2.68. The lowest BCUT2D eigenvalue weighted by Gasteiger charge is -2.23. The van der Waals surface area contributed by atoms with Gasteiger partial charge in [-0.05, 0) is 24.1 Å². The van der Waals surface area contributed by atoms with Crippen molar-refractivity contribution in [1.82, 2.24) is 4.90 Å². The fourth-order valence-corrected chi connectivity index (χ4v) is 2.85. The van der Waals surface area contributed by atoms with E-state index in [1.165, 1.54) is 0 Å². The molecule has 4 nitrogen and oxygen atoms in total. The third kappa shape index (κ3) is 3.50. The van der Waals surface area contributed by atoms with Crippen molar-refractivity contribution >= 4 is 11.6 Å². The summed E-state index contributed by atoms with van der Waals surface area (Å²) in [5.74, 6) is 0. The highest BCUT2D eigenvalue weighted by Gasteiger charge is 2.32. The normalized spacial score (nSPS) is 22.9. The molecule has 0 saturated carbocycles. The zero-order valence-corrected chi connectivity index (χ0v) is 12.6. The molecule has 0 aliphatic carbocycles. The van der Waals surface area contributed by atoms with Crippen LogP contribution >= 0.6 is 11.6 Å². The lowest BCUT2D eigenvalue weighted by molar-refractivity contribution is 0.106. The average molecular weight is 295 g/mol. The van der Waals surface area contributed by atoms with Crippen LogP contribution in [-0.2, 0) is 16.0 Å². The van der Waals surface area contributed by atoms with Crippen molar-refractivity contribution in [3.63, 3.8) is 0 Å². The van der Waals surface area contributed by atoms with Crippen LogP contribution in [0.2, 0.25) is 5.02 Å². The standard InChI is InChI=1S/C15H19ClN2O2/c1-19-10-14-6-15(20-2)9-18(14)8-11-3-4-13(16)5-12(11)7-17/h3-5,14-15H,6,8-10H2,1-2H3/t14-,15-/m0/s1. The molecule has 2 rings (SSSR count). The van der Waals surface area contributed by atoms with Crippen molar-refractivity contribution in [2.45, 2.75) is 25.1 Å². The monoisotopic (exact) mass is 294 g/mol. The maximum Gasteiger partial charge on any atom is 0.0995 e. The Balaban J connectivity index is 2.14. The highest BCUT2D eigenvalue weighted by Crippen LogP contribution is 2.24. The van der Waals surface area contributed by atoms with Crippen LogP contribution in [0.1, 0.15) is 17.5 Å². The first-order valence-corrected chi connectivity index (χ1v) is 7.00. The number of methoxy groups -OCH3 is 2. The Labute approximate surface area is 124 Å². The molecule has 1 aliphatic heterocycles. The van der Waals surface area contributed by atoms with Crippen molar-refractivity contribution in [2.75, 3.05) is 27.4 Å². The summed E-state index contributed by atoms with van der Waals surface area (Å²) >= 11 is 5.93. The molecule has 0 spiro atoms. The van der Waals surface area contributed by atoms with Gasteiger partial charge >= 0.3 is 0 Å². The van der Waals surface area contributed by atoms with Gasteiger partial charge in [0.05, 0.1) is 24.3 Å². The third-order valence-corrected chi connectivity index (χ3v) is 3.98. The molecule has 1 aromatic rings. The van der Waals surface area contributed by atoms with Crippen molar-refractivity contribution < 1.29 is 9.47 Å². The maximum absolute atomic E-state index is 9.21. The Hall–Kier alpha value is -1.12. The minimum atomic E-state index is 0.230. The van der Waals surface area contributed by atoms with Crippen molar-refractivity contribution in [1.29, 1.82) is 5.26 Å². The first-order valence-electron chi connectivity index (χ1n) is 6.62. The molecule has 5 heteroatoms. The molecule has 0 radical (unpaired) electrons. The number of hydrogen-bond donors (Lipinski definition) is 0. The molecule has 1 heterocycles. The van der Waals surface area contributed by atoms with Gasteiger partial charge in [0.1, 0.15) is 0 Å². The lowest BCUT2D eigenvalue weighted by atomic mass is 10.1. The summed E-state index contributed by atoms with van der Waals surface area (Å²) in [6, 6.07) is 8.00. The molecule has 2 atom stereocenters. The number of nitriles is 1.